The zero-order valence-corrected chi connectivity index (χ0v) is 24.7. The van der Waals surface area contributed by atoms with Gasteiger partial charge in [0.15, 0.2) is 0 Å². The number of hydrogen-bond donors (Lipinski definition) is 1. The molecule has 3 rings (SSSR count). The molecule has 2 atom stereocenters. The molecule has 0 aromatic heterocycles. The molecule has 39 heavy (non-hydrogen) atoms. The molecule has 2 amide bonds. The summed E-state index contributed by atoms with van der Waals surface area (Å²) in [6.45, 7) is 11.6. The van der Waals surface area contributed by atoms with E-state index in [1.54, 1.807) is 0 Å². The molecule has 1 aliphatic heterocycles. The predicted octanol–water partition coefficient (Wildman–Crippen LogP) is 5.70. The second kappa shape index (κ2) is 15.7. The molecule has 0 unspecified atom stereocenters. The Morgan fingerprint density at radius 3 is 2.18 bits per heavy atom. The Morgan fingerprint density at radius 1 is 0.897 bits per heavy atom. The van der Waals surface area contributed by atoms with E-state index in [-0.39, 0.29) is 17.9 Å². The number of piperidine rings is 1. The topological polar surface area (TPSA) is 61.9 Å². The minimum absolute atomic E-state index is 0.0283. The van der Waals surface area contributed by atoms with Crippen LogP contribution in [0, 0.1) is 11.8 Å². The molecule has 1 saturated heterocycles. The second-order valence-corrected chi connectivity index (χ2v) is 11.9. The highest BCUT2D eigenvalue weighted by Gasteiger charge is 2.31. The molecule has 0 bridgehead atoms. The van der Waals surface area contributed by atoms with Crippen LogP contribution in [0.3, 0.4) is 0 Å². The van der Waals surface area contributed by atoms with Gasteiger partial charge in [-0.25, -0.2) is 0 Å². The van der Waals surface area contributed by atoms with Crippen LogP contribution in [0.5, 0.6) is 5.75 Å². The summed E-state index contributed by atoms with van der Waals surface area (Å²) in [6, 6.07) is 17.1. The number of ether oxygens (including phenoxy) is 1. The van der Waals surface area contributed by atoms with Gasteiger partial charge in [0.25, 0.3) is 0 Å². The van der Waals surface area contributed by atoms with E-state index in [1.165, 1.54) is 0 Å². The molecule has 0 spiro atoms. The number of nitrogens with one attached hydrogen (secondary N) is 1. The Labute approximate surface area is 236 Å². The van der Waals surface area contributed by atoms with Crippen LogP contribution < -0.4 is 10.1 Å². The third kappa shape index (κ3) is 10.3. The molecule has 1 N–H and O–H groups in total. The van der Waals surface area contributed by atoms with Gasteiger partial charge in [-0.1, -0.05) is 70.2 Å². The monoisotopic (exact) mass is 535 g/mol. The van der Waals surface area contributed by atoms with Crippen LogP contribution in [-0.4, -0.2) is 60.4 Å². The van der Waals surface area contributed by atoms with Gasteiger partial charge in [0.05, 0.1) is 6.04 Å². The zero-order chi connectivity index (χ0) is 28.2. The summed E-state index contributed by atoms with van der Waals surface area (Å²) in [4.78, 5) is 31.4. The van der Waals surface area contributed by atoms with Crippen molar-refractivity contribution in [3.8, 4) is 5.75 Å². The molecule has 2 aromatic rings. The van der Waals surface area contributed by atoms with E-state index in [4.69, 9.17) is 4.74 Å². The Morgan fingerprint density at radius 2 is 1.56 bits per heavy atom. The van der Waals surface area contributed by atoms with Crippen LogP contribution in [0.15, 0.2) is 54.6 Å². The van der Waals surface area contributed by atoms with Crippen LogP contribution >= 0.6 is 0 Å². The van der Waals surface area contributed by atoms with Crippen LogP contribution in [0.1, 0.15) is 70.9 Å². The quantitative estimate of drug-likeness (QED) is 0.337. The highest BCUT2D eigenvalue weighted by Crippen LogP contribution is 2.19. The van der Waals surface area contributed by atoms with Crippen molar-refractivity contribution in [2.75, 3.05) is 26.7 Å². The number of hydrogen-bond acceptors (Lipinski definition) is 4. The number of benzene rings is 2. The number of likely N-dealkylation sites (N-methyl/N-ethyl adjacent to an activating group) is 1. The molecule has 214 valence electrons. The fourth-order valence-electron chi connectivity index (χ4n) is 5.05. The normalized spacial score (nSPS) is 15.4. The summed E-state index contributed by atoms with van der Waals surface area (Å²) in [5, 5.41) is 3.19. The Balaban J connectivity index is 1.71. The summed E-state index contributed by atoms with van der Waals surface area (Å²) in [5.41, 5.74) is 2.12. The van der Waals surface area contributed by atoms with Crippen molar-refractivity contribution in [3.63, 3.8) is 0 Å². The number of likely N-dealkylation sites (tertiary alicyclic amines) is 1. The van der Waals surface area contributed by atoms with Crippen molar-refractivity contribution in [1.82, 2.24) is 15.1 Å². The zero-order valence-electron chi connectivity index (χ0n) is 24.7. The van der Waals surface area contributed by atoms with E-state index >= 15 is 0 Å². The van der Waals surface area contributed by atoms with Gasteiger partial charge in [0.1, 0.15) is 18.4 Å². The van der Waals surface area contributed by atoms with Crippen molar-refractivity contribution in [2.24, 2.45) is 11.8 Å². The molecular formula is C33H49N3O3. The van der Waals surface area contributed by atoms with Crippen LogP contribution in [0.25, 0.3) is 0 Å². The van der Waals surface area contributed by atoms with Gasteiger partial charge in [-0.15, -0.1) is 0 Å². The summed E-state index contributed by atoms with van der Waals surface area (Å²) in [6.07, 6.45) is 5.46. The number of rotatable bonds is 14. The summed E-state index contributed by atoms with van der Waals surface area (Å²) in [7, 11) is 2.03. The largest absolute Gasteiger partial charge is 0.489 e. The first-order valence-corrected chi connectivity index (χ1v) is 14.8. The van der Waals surface area contributed by atoms with Gasteiger partial charge in [-0.3, -0.25) is 14.5 Å². The summed E-state index contributed by atoms with van der Waals surface area (Å²) < 4.78 is 5.94. The van der Waals surface area contributed by atoms with Crippen LogP contribution in [0.2, 0.25) is 0 Å². The maximum atomic E-state index is 13.7. The highest BCUT2D eigenvalue weighted by molar-refractivity contribution is 5.90. The number of nitrogens with zero attached hydrogens (tertiary/aromatic N) is 2. The van der Waals surface area contributed by atoms with Gasteiger partial charge in [-0.05, 0) is 80.8 Å². The Bertz CT molecular complexity index is 1000. The maximum absolute atomic E-state index is 13.7. The van der Waals surface area contributed by atoms with Crippen LogP contribution in [0.4, 0.5) is 0 Å². The molecule has 1 aliphatic rings. The third-order valence-corrected chi connectivity index (χ3v) is 7.48. The molecule has 6 heteroatoms. The standard InChI is InChI=1S/C33H49N3O3/c1-25(2)18-21-35(5)31(22-26(3)4)32(37)34-30(33(38)36-19-10-7-11-20-36)23-27-14-16-29(17-15-27)39-24-28-12-8-6-9-13-28/h6,8-9,12-17,25-26,30-31H,7,10-11,18-24H2,1-5H3,(H,34,37)/t30-,31-/m0/s1. The maximum Gasteiger partial charge on any atom is 0.245 e. The van der Waals surface area contributed by atoms with Crippen molar-refractivity contribution >= 4 is 11.8 Å². The molecule has 0 radical (unpaired) electrons. The number of carbonyl (C=O) groups excluding carboxylic acids is 2. The molecular weight excluding hydrogens is 486 g/mol. The van der Waals surface area contributed by atoms with E-state index in [9.17, 15) is 9.59 Å². The lowest BCUT2D eigenvalue weighted by atomic mass is 9.99. The first-order chi connectivity index (χ1) is 18.7. The lowest BCUT2D eigenvalue weighted by molar-refractivity contribution is -0.138. The average molecular weight is 536 g/mol. The minimum Gasteiger partial charge on any atom is -0.489 e. The molecule has 1 fully saturated rings. The van der Waals surface area contributed by atoms with Gasteiger partial charge in [0.2, 0.25) is 11.8 Å². The molecule has 6 nitrogen and oxygen atoms in total. The first kappa shape index (κ1) is 30.7. The average Bonchev–Trinajstić information content (AvgIpc) is 2.94. The first-order valence-electron chi connectivity index (χ1n) is 14.8. The van der Waals surface area contributed by atoms with E-state index in [2.05, 4.69) is 37.9 Å². The van der Waals surface area contributed by atoms with E-state index < -0.39 is 6.04 Å². The minimum atomic E-state index is -0.583. The highest BCUT2D eigenvalue weighted by atomic mass is 16.5. The van der Waals surface area contributed by atoms with Crippen molar-refractivity contribution in [1.29, 1.82) is 0 Å². The van der Waals surface area contributed by atoms with Gasteiger partial charge < -0.3 is 15.0 Å². The van der Waals surface area contributed by atoms with Crippen molar-refractivity contribution in [3.05, 3.63) is 65.7 Å². The Hall–Kier alpha value is -2.86. The van der Waals surface area contributed by atoms with Crippen molar-refractivity contribution < 1.29 is 14.3 Å². The van der Waals surface area contributed by atoms with Gasteiger partial charge in [-0.2, -0.15) is 0 Å². The number of amides is 2. The predicted molar refractivity (Wildman–Crippen MR) is 159 cm³/mol. The summed E-state index contributed by atoms with van der Waals surface area (Å²) in [5.74, 6) is 1.72. The Kier molecular flexibility index (Phi) is 12.3. The molecule has 1 heterocycles. The fourth-order valence-corrected chi connectivity index (χ4v) is 5.05. The lowest BCUT2D eigenvalue weighted by Crippen LogP contribution is -2.55. The SMILES string of the molecule is CC(C)CCN(C)[C@@H](CC(C)C)C(=O)N[C@@H](Cc1ccc(OCc2ccccc2)cc1)C(=O)N1CCCCC1. The van der Waals surface area contributed by atoms with E-state index in [1.807, 2.05) is 66.5 Å². The van der Waals surface area contributed by atoms with Gasteiger partial charge in [0, 0.05) is 19.5 Å². The smallest absolute Gasteiger partial charge is 0.245 e. The molecule has 0 saturated carbocycles. The second-order valence-electron chi connectivity index (χ2n) is 11.9. The van der Waals surface area contributed by atoms with Crippen molar-refractivity contribution in [2.45, 2.75) is 84.9 Å². The third-order valence-electron chi connectivity index (χ3n) is 7.48. The molecule has 0 aliphatic carbocycles. The number of carbonyl (C=O) groups is 2. The summed E-state index contributed by atoms with van der Waals surface area (Å²) >= 11 is 0. The molecule has 2 aromatic carbocycles. The van der Waals surface area contributed by atoms with Crippen LogP contribution in [-0.2, 0) is 22.6 Å². The van der Waals surface area contributed by atoms with E-state index in [0.717, 1.165) is 68.6 Å². The lowest BCUT2D eigenvalue weighted by Gasteiger charge is -2.33. The fraction of sp³-hybridized carbons (Fsp3) is 0.576. The van der Waals surface area contributed by atoms with E-state index in [0.29, 0.717) is 24.9 Å². The van der Waals surface area contributed by atoms with Gasteiger partial charge >= 0.3 is 0 Å².